The van der Waals surface area contributed by atoms with E-state index in [1.165, 1.54) is 18.2 Å². The fraction of sp³-hybridized carbons (Fsp3) is 0.167. The molecule has 1 aliphatic rings. The first-order valence-electron chi connectivity index (χ1n) is 7.53. The summed E-state index contributed by atoms with van der Waals surface area (Å²) in [5.41, 5.74) is 1.78. The Morgan fingerprint density at radius 3 is 2.67 bits per heavy atom. The molecular weight excluding hydrogens is 350 g/mol. The van der Waals surface area contributed by atoms with E-state index in [0.29, 0.717) is 10.7 Å². The molecule has 1 heterocycles. The van der Waals surface area contributed by atoms with Crippen LogP contribution in [0.3, 0.4) is 0 Å². The van der Waals surface area contributed by atoms with Crippen molar-refractivity contribution in [2.45, 2.75) is 18.3 Å². The number of H-pyrrole nitrogens is 1. The minimum atomic E-state index is -0.580. The van der Waals surface area contributed by atoms with E-state index in [1.54, 1.807) is 0 Å². The molecule has 3 nitrogen and oxygen atoms in total. The van der Waals surface area contributed by atoms with Crippen LogP contribution in [-0.2, 0) is 10.2 Å². The maximum atomic E-state index is 13.3. The van der Waals surface area contributed by atoms with E-state index in [-0.39, 0.29) is 10.9 Å². The molecule has 1 fully saturated rings. The molecule has 2 N–H and O–H groups in total. The number of rotatable bonds is 3. The highest BCUT2D eigenvalue weighted by Crippen LogP contribution is 2.51. The van der Waals surface area contributed by atoms with Gasteiger partial charge in [-0.3, -0.25) is 4.79 Å². The van der Waals surface area contributed by atoms with Crippen LogP contribution in [0.15, 0.2) is 42.6 Å². The topological polar surface area (TPSA) is 44.9 Å². The summed E-state index contributed by atoms with van der Waals surface area (Å²) in [5.74, 6) is -0.631. The van der Waals surface area contributed by atoms with Gasteiger partial charge in [0.25, 0.3) is 0 Å². The fourth-order valence-corrected chi connectivity index (χ4v) is 3.41. The molecule has 0 spiro atoms. The number of fused-ring (bicyclic) bond motifs is 1. The van der Waals surface area contributed by atoms with Crippen LogP contribution in [0.5, 0.6) is 0 Å². The quantitative estimate of drug-likeness (QED) is 0.653. The van der Waals surface area contributed by atoms with Crippen LogP contribution < -0.4 is 5.32 Å². The number of hydrogen-bond acceptors (Lipinski definition) is 1. The average molecular weight is 363 g/mol. The third kappa shape index (κ3) is 2.46. The molecular formula is C18H13Cl2FN2O. The second-order valence-corrected chi connectivity index (χ2v) is 6.90. The standard InChI is InChI=1S/C18H13Cl2FN2O/c19-10-1-4-16-12(7-10)13(9-22-16)18(5-6-18)17(24)23-11-2-3-15(21)14(20)8-11/h1-4,7-9,22H,5-6H2,(H,23,24). The Morgan fingerprint density at radius 2 is 1.96 bits per heavy atom. The summed E-state index contributed by atoms with van der Waals surface area (Å²) >= 11 is 11.9. The van der Waals surface area contributed by atoms with Crippen LogP contribution in [-0.4, -0.2) is 10.9 Å². The fourth-order valence-electron chi connectivity index (χ4n) is 3.06. The van der Waals surface area contributed by atoms with E-state index in [1.807, 2.05) is 24.4 Å². The Kier molecular flexibility index (Phi) is 3.55. The predicted molar refractivity (Wildman–Crippen MR) is 94.3 cm³/mol. The van der Waals surface area contributed by atoms with Crippen LogP contribution in [0.1, 0.15) is 18.4 Å². The molecule has 6 heteroatoms. The van der Waals surface area contributed by atoms with Crippen molar-refractivity contribution in [1.82, 2.24) is 4.98 Å². The SMILES string of the molecule is O=C(Nc1ccc(F)c(Cl)c1)C1(c2c[nH]c3ccc(Cl)cc23)CC1. The first kappa shape index (κ1) is 15.5. The molecule has 3 aromatic rings. The Morgan fingerprint density at radius 1 is 1.17 bits per heavy atom. The van der Waals surface area contributed by atoms with E-state index in [9.17, 15) is 9.18 Å². The number of hydrogen-bond donors (Lipinski definition) is 2. The molecule has 1 aliphatic carbocycles. The van der Waals surface area contributed by atoms with Crippen molar-refractivity contribution in [3.05, 3.63) is 64.0 Å². The highest BCUT2D eigenvalue weighted by molar-refractivity contribution is 6.31. The summed E-state index contributed by atoms with van der Waals surface area (Å²) in [6.45, 7) is 0. The molecule has 1 amide bonds. The molecule has 4 rings (SSSR count). The van der Waals surface area contributed by atoms with Gasteiger partial charge in [0.15, 0.2) is 0 Å². The minimum Gasteiger partial charge on any atom is -0.361 e. The zero-order valence-corrected chi connectivity index (χ0v) is 14.0. The maximum Gasteiger partial charge on any atom is 0.235 e. The number of carbonyl (C=O) groups excluding carboxylic acids is 1. The Hall–Kier alpha value is -2.04. The van der Waals surface area contributed by atoms with Crippen molar-refractivity contribution in [2.75, 3.05) is 5.32 Å². The van der Waals surface area contributed by atoms with E-state index >= 15 is 0 Å². The second-order valence-electron chi connectivity index (χ2n) is 6.06. The predicted octanol–water partition coefficient (Wildman–Crippen LogP) is 5.28. The molecule has 0 bridgehead atoms. The van der Waals surface area contributed by atoms with Gasteiger partial charge < -0.3 is 10.3 Å². The maximum absolute atomic E-state index is 13.3. The lowest BCUT2D eigenvalue weighted by atomic mass is 9.94. The van der Waals surface area contributed by atoms with E-state index in [2.05, 4.69) is 10.3 Å². The smallest absolute Gasteiger partial charge is 0.235 e. The Labute approximate surface area is 147 Å². The summed E-state index contributed by atoms with van der Waals surface area (Å²) in [5, 5.41) is 4.41. The van der Waals surface area contributed by atoms with Crippen LogP contribution in [0, 0.1) is 5.82 Å². The second kappa shape index (κ2) is 5.50. The van der Waals surface area contributed by atoms with Crippen molar-refractivity contribution in [2.24, 2.45) is 0 Å². The van der Waals surface area contributed by atoms with E-state index in [4.69, 9.17) is 23.2 Å². The normalized spacial score (nSPS) is 15.5. The molecule has 0 aliphatic heterocycles. The van der Waals surface area contributed by atoms with Crippen molar-refractivity contribution in [1.29, 1.82) is 0 Å². The van der Waals surface area contributed by atoms with Crippen LogP contribution in [0.2, 0.25) is 10.0 Å². The largest absolute Gasteiger partial charge is 0.361 e. The third-order valence-electron chi connectivity index (χ3n) is 4.52. The number of halogens is 3. The molecule has 1 aromatic heterocycles. The lowest BCUT2D eigenvalue weighted by Gasteiger charge is -2.15. The molecule has 0 saturated heterocycles. The van der Waals surface area contributed by atoms with Gasteiger partial charge in [-0.15, -0.1) is 0 Å². The summed E-state index contributed by atoms with van der Waals surface area (Å²) in [6, 6.07) is 9.73. The molecule has 0 unspecified atom stereocenters. The number of aromatic amines is 1. The number of carbonyl (C=O) groups is 1. The summed E-state index contributed by atoms with van der Waals surface area (Å²) in [7, 11) is 0. The summed E-state index contributed by atoms with van der Waals surface area (Å²) in [6.07, 6.45) is 3.38. The van der Waals surface area contributed by atoms with Crippen LogP contribution in [0.25, 0.3) is 10.9 Å². The number of benzene rings is 2. The van der Waals surface area contributed by atoms with Crippen LogP contribution >= 0.6 is 23.2 Å². The molecule has 0 atom stereocenters. The van der Waals surface area contributed by atoms with E-state index in [0.717, 1.165) is 29.3 Å². The zero-order valence-electron chi connectivity index (χ0n) is 12.5. The lowest BCUT2D eigenvalue weighted by Crippen LogP contribution is -2.27. The van der Waals surface area contributed by atoms with Crippen LogP contribution in [0.4, 0.5) is 10.1 Å². The number of amides is 1. The molecule has 1 saturated carbocycles. The number of anilines is 1. The van der Waals surface area contributed by atoms with Crippen molar-refractivity contribution < 1.29 is 9.18 Å². The van der Waals surface area contributed by atoms with Gasteiger partial charge in [-0.05, 0) is 54.8 Å². The molecule has 2 aromatic carbocycles. The van der Waals surface area contributed by atoms with Gasteiger partial charge in [-0.25, -0.2) is 4.39 Å². The zero-order chi connectivity index (χ0) is 16.9. The minimum absolute atomic E-state index is 0.0171. The van der Waals surface area contributed by atoms with Gasteiger partial charge in [0.2, 0.25) is 5.91 Å². The van der Waals surface area contributed by atoms with Gasteiger partial charge >= 0.3 is 0 Å². The Balaban J connectivity index is 1.68. The summed E-state index contributed by atoms with van der Waals surface area (Å²) < 4.78 is 13.3. The number of aromatic nitrogens is 1. The van der Waals surface area contributed by atoms with Gasteiger partial charge in [0, 0.05) is 27.8 Å². The molecule has 0 radical (unpaired) electrons. The third-order valence-corrected chi connectivity index (χ3v) is 5.05. The van der Waals surface area contributed by atoms with Crippen molar-refractivity contribution >= 4 is 45.7 Å². The first-order chi connectivity index (χ1) is 11.5. The van der Waals surface area contributed by atoms with Crippen molar-refractivity contribution in [3.63, 3.8) is 0 Å². The lowest BCUT2D eigenvalue weighted by molar-refractivity contribution is -0.118. The van der Waals surface area contributed by atoms with Crippen molar-refractivity contribution in [3.8, 4) is 0 Å². The molecule has 24 heavy (non-hydrogen) atoms. The van der Waals surface area contributed by atoms with E-state index < -0.39 is 11.2 Å². The van der Waals surface area contributed by atoms with Gasteiger partial charge in [0.05, 0.1) is 10.4 Å². The monoisotopic (exact) mass is 362 g/mol. The highest BCUT2D eigenvalue weighted by Gasteiger charge is 2.52. The van der Waals surface area contributed by atoms with Gasteiger partial charge in [-0.2, -0.15) is 0 Å². The number of nitrogens with one attached hydrogen (secondary N) is 2. The average Bonchev–Trinajstić information content (AvgIpc) is 3.25. The van der Waals surface area contributed by atoms with Gasteiger partial charge in [0.1, 0.15) is 5.82 Å². The summed E-state index contributed by atoms with van der Waals surface area (Å²) in [4.78, 5) is 16.0. The first-order valence-corrected chi connectivity index (χ1v) is 8.29. The van der Waals surface area contributed by atoms with Gasteiger partial charge in [-0.1, -0.05) is 23.2 Å². The Bertz CT molecular complexity index is 963. The highest BCUT2D eigenvalue weighted by atomic mass is 35.5. The molecule has 122 valence electrons.